The summed E-state index contributed by atoms with van der Waals surface area (Å²) < 4.78 is 10.8. The van der Waals surface area contributed by atoms with Crippen molar-refractivity contribution in [2.24, 2.45) is 9.98 Å². The van der Waals surface area contributed by atoms with E-state index >= 15 is 0 Å². The molecule has 0 fully saturated rings. The fourth-order valence-corrected chi connectivity index (χ4v) is 3.46. The second-order valence-corrected chi connectivity index (χ2v) is 7.30. The van der Waals surface area contributed by atoms with Gasteiger partial charge in [-0.3, -0.25) is 9.59 Å². The molecule has 0 spiro atoms. The number of nitrogens with zero attached hydrogens (tertiary/aromatic N) is 3. The zero-order valence-corrected chi connectivity index (χ0v) is 17.7. The van der Waals surface area contributed by atoms with E-state index in [1.807, 2.05) is 30.3 Å². The number of aliphatic imine (C=N–C) groups is 2. The monoisotopic (exact) mass is 432 g/mol. The first-order chi connectivity index (χ1) is 15.6. The van der Waals surface area contributed by atoms with Gasteiger partial charge in [0.15, 0.2) is 0 Å². The summed E-state index contributed by atoms with van der Waals surface area (Å²) in [5, 5.41) is 2.79. The predicted octanol–water partition coefficient (Wildman–Crippen LogP) is 2.57. The van der Waals surface area contributed by atoms with Gasteiger partial charge in [-0.05, 0) is 17.7 Å². The van der Waals surface area contributed by atoms with E-state index in [4.69, 9.17) is 9.47 Å². The summed E-state index contributed by atoms with van der Waals surface area (Å²) in [5.41, 5.74) is 3.00. The summed E-state index contributed by atoms with van der Waals surface area (Å²) in [4.78, 5) is 35.5. The minimum Gasteiger partial charge on any atom is -0.496 e. The lowest BCUT2D eigenvalue weighted by Gasteiger charge is -2.27. The Hall–Kier alpha value is -3.78. The standard InChI is InChI=1S/C24H24N4O4/c1-31-21-10-6-5-9-19(21)23(30)27-24-25-13-18-14-28(12-11-20(18)26-24)22(29)16-32-15-17-7-3-2-4-8-17/h2-10,13-14,24H,11-12,15-16H2,1H3,(H,27,30). The highest BCUT2D eigenvalue weighted by molar-refractivity contribution is 6.18. The molecule has 2 heterocycles. The van der Waals surface area contributed by atoms with E-state index in [9.17, 15) is 9.59 Å². The Kier molecular flexibility index (Phi) is 6.72. The highest BCUT2D eigenvalue weighted by atomic mass is 16.5. The van der Waals surface area contributed by atoms with E-state index in [2.05, 4.69) is 15.3 Å². The fraction of sp³-hybridized carbons (Fsp3) is 0.250. The Balaban J connectivity index is 1.33. The SMILES string of the molecule is COc1ccccc1C(=O)NC1N=CC2=CN(C(=O)COCc3ccccc3)CCC2=N1. The van der Waals surface area contributed by atoms with E-state index in [1.54, 1.807) is 41.6 Å². The predicted molar refractivity (Wildman–Crippen MR) is 121 cm³/mol. The lowest BCUT2D eigenvalue weighted by Crippen LogP contribution is -2.39. The van der Waals surface area contributed by atoms with Gasteiger partial charge < -0.3 is 19.7 Å². The van der Waals surface area contributed by atoms with Gasteiger partial charge in [0.25, 0.3) is 11.8 Å². The summed E-state index contributed by atoms with van der Waals surface area (Å²) in [6.45, 7) is 0.884. The Morgan fingerprint density at radius 3 is 2.72 bits per heavy atom. The molecular formula is C24H24N4O4. The molecule has 2 aliphatic rings. The topological polar surface area (TPSA) is 92.6 Å². The molecule has 0 radical (unpaired) electrons. The average Bonchev–Trinajstić information content (AvgIpc) is 2.84. The minimum absolute atomic E-state index is 0.000115. The maximum Gasteiger partial charge on any atom is 0.258 e. The van der Waals surface area contributed by atoms with Gasteiger partial charge in [-0.15, -0.1) is 0 Å². The Morgan fingerprint density at radius 2 is 1.91 bits per heavy atom. The van der Waals surface area contributed by atoms with Crippen molar-refractivity contribution in [2.45, 2.75) is 19.3 Å². The van der Waals surface area contributed by atoms with E-state index in [0.29, 0.717) is 30.9 Å². The van der Waals surface area contributed by atoms with Gasteiger partial charge in [-0.1, -0.05) is 42.5 Å². The number of amides is 2. The smallest absolute Gasteiger partial charge is 0.258 e. The van der Waals surface area contributed by atoms with Gasteiger partial charge in [0.2, 0.25) is 6.29 Å². The van der Waals surface area contributed by atoms with Gasteiger partial charge >= 0.3 is 0 Å². The van der Waals surface area contributed by atoms with Crippen LogP contribution in [0.3, 0.4) is 0 Å². The Labute approximate surface area is 186 Å². The normalized spacial score (nSPS) is 17.2. The first-order valence-corrected chi connectivity index (χ1v) is 10.3. The number of benzene rings is 2. The van der Waals surface area contributed by atoms with Crippen LogP contribution >= 0.6 is 0 Å². The van der Waals surface area contributed by atoms with Crippen LogP contribution in [-0.4, -0.2) is 55.2 Å². The van der Waals surface area contributed by atoms with Gasteiger partial charge in [0, 0.05) is 31.0 Å². The summed E-state index contributed by atoms with van der Waals surface area (Å²) in [7, 11) is 1.52. The second kappa shape index (κ2) is 10.0. The van der Waals surface area contributed by atoms with Gasteiger partial charge in [0.05, 0.1) is 25.0 Å². The molecule has 164 valence electrons. The average molecular weight is 432 g/mol. The van der Waals surface area contributed by atoms with Crippen LogP contribution in [0.1, 0.15) is 22.3 Å². The molecule has 8 nitrogen and oxygen atoms in total. The molecule has 2 aromatic carbocycles. The molecule has 0 saturated carbocycles. The van der Waals surface area contributed by atoms with E-state index in [1.165, 1.54) is 7.11 Å². The highest BCUT2D eigenvalue weighted by Crippen LogP contribution is 2.19. The number of methoxy groups -OCH3 is 1. The quantitative estimate of drug-likeness (QED) is 0.728. The maximum atomic E-state index is 12.6. The number of hydrogen-bond acceptors (Lipinski definition) is 6. The molecule has 4 rings (SSSR count). The molecule has 0 aliphatic carbocycles. The van der Waals surface area contributed by atoms with Crippen molar-refractivity contribution in [3.05, 3.63) is 77.5 Å². The molecule has 32 heavy (non-hydrogen) atoms. The zero-order chi connectivity index (χ0) is 22.3. The van der Waals surface area contributed by atoms with Crippen LogP contribution in [0, 0.1) is 0 Å². The van der Waals surface area contributed by atoms with Gasteiger partial charge in [-0.2, -0.15) is 0 Å². The molecule has 2 amide bonds. The number of carbonyl (C=O) groups is 2. The van der Waals surface area contributed by atoms with Gasteiger partial charge in [0.1, 0.15) is 12.4 Å². The van der Waals surface area contributed by atoms with Crippen molar-refractivity contribution in [3.8, 4) is 5.75 Å². The van der Waals surface area contributed by atoms with E-state index < -0.39 is 6.29 Å². The maximum absolute atomic E-state index is 12.6. The second-order valence-electron chi connectivity index (χ2n) is 7.30. The van der Waals surface area contributed by atoms with Crippen LogP contribution in [0.5, 0.6) is 5.75 Å². The molecule has 1 atom stereocenters. The summed E-state index contributed by atoms with van der Waals surface area (Å²) in [6, 6.07) is 16.7. The van der Waals surface area contributed by atoms with Crippen LogP contribution in [-0.2, 0) is 16.1 Å². The number of hydrogen-bond donors (Lipinski definition) is 1. The molecule has 1 N–H and O–H groups in total. The Bertz CT molecular complexity index is 1080. The summed E-state index contributed by atoms with van der Waals surface area (Å²) >= 11 is 0. The largest absolute Gasteiger partial charge is 0.496 e. The van der Waals surface area contributed by atoms with Crippen LogP contribution in [0.25, 0.3) is 0 Å². The van der Waals surface area contributed by atoms with Crippen LogP contribution in [0.2, 0.25) is 0 Å². The molecule has 1 unspecified atom stereocenters. The fourth-order valence-electron chi connectivity index (χ4n) is 3.46. The lowest BCUT2D eigenvalue weighted by molar-refractivity contribution is -0.133. The lowest BCUT2D eigenvalue weighted by atomic mass is 10.0. The third-order valence-electron chi connectivity index (χ3n) is 5.12. The van der Waals surface area contributed by atoms with E-state index in [-0.39, 0.29) is 18.4 Å². The van der Waals surface area contributed by atoms with Crippen LogP contribution in [0.15, 0.2) is 76.4 Å². The molecule has 0 saturated heterocycles. The van der Waals surface area contributed by atoms with Crippen molar-refractivity contribution < 1.29 is 19.1 Å². The number of nitrogens with one attached hydrogen (secondary N) is 1. The van der Waals surface area contributed by atoms with Crippen molar-refractivity contribution in [2.75, 3.05) is 20.3 Å². The summed E-state index contributed by atoms with van der Waals surface area (Å²) in [6.07, 6.45) is 3.23. The number of fused-ring (bicyclic) bond motifs is 1. The molecule has 8 heteroatoms. The summed E-state index contributed by atoms with van der Waals surface area (Å²) in [5.74, 6) is 0.0522. The number of allylic oxidation sites excluding steroid dienone is 1. The van der Waals surface area contributed by atoms with Crippen LogP contribution < -0.4 is 10.1 Å². The third kappa shape index (κ3) is 5.09. The highest BCUT2D eigenvalue weighted by Gasteiger charge is 2.25. The molecular weight excluding hydrogens is 408 g/mol. The van der Waals surface area contributed by atoms with Crippen molar-refractivity contribution >= 4 is 23.7 Å². The Morgan fingerprint density at radius 1 is 1.12 bits per heavy atom. The molecule has 0 aromatic heterocycles. The minimum atomic E-state index is -0.712. The zero-order valence-electron chi connectivity index (χ0n) is 17.7. The first kappa shape index (κ1) is 21.5. The van der Waals surface area contributed by atoms with Crippen molar-refractivity contribution in [1.29, 1.82) is 0 Å². The van der Waals surface area contributed by atoms with Gasteiger partial charge in [-0.25, -0.2) is 9.98 Å². The first-order valence-electron chi connectivity index (χ1n) is 10.3. The van der Waals surface area contributed by atoms with E-state index in [0.717, 1.165) is 16.8 Å². The number of rotatable bonds is 7. The van der Waals surface area contributed by atoms with Crippen molar-refractivity contribution in [3.63, 3.8) is 0 Å². The molecule has 2 aliphatic heterocycles. The number of ether oxygens (including phenoxy) is 2. The molecule has 0 bridgehead atoms. The molecule has 2 aromatic rings. The van der Waals surface area contributed by atoms with Crippen molar-refractivity contribution in [1.82, 2.24) is 10.2 Å². The number of para-hydroxylation sites is 1. The third-order valence-corrected chi connectivity index (χ3v) is 5.12. The number of carbonyl (C=O) groups excluding carboxylic acids is 2. The van der Waals surface area contributed by atoms with Crippen LogP contribution in [0.4, 0.5) is 0 Å².